The molecule has 0 bridgehead atoms. The van der Waals surface area contributed by atoms with E-state index in [1.54, 1.807) is 0 Å². The number of fused-ring (bicyclic) bond motifs is 1. The molecule has 520 valence electrons. The number of hydrogen-bond donors (Lipinski definition) is 20. The molecule has 4 saturated heterocycles. The Bertz CT molecular complexity index is 3650. The van der Waals surface area contributed by atoms with Gasteiger partial charge in [0.1, 0.15) is 141 Å². The molecule has 4 aromatic carbocycles. The van der Waals surface area contributed by atoms with E-state index in [-0.39, 0.29) is 44.9 Å². The molecule has 4 fully saturated rings. The topological polar surface area (TPSA) is 586 Å². The quantitative estimate of drug-likeness (QED) is 0.00782. The third-order valence-corrected chi connectivity index (χ3v) is 15.2. The van der Waals surface area contributed by atoms with E-state index in [2.05, 4.69) is 0 Å². The number of aliphatic carboxylic acids is 1. The number of aromatic hydroxyl groups is 6. The number of carboxylic acids is 1. The van der Waals surface area contributed by atoms with Crippen LogP contribution in [0.3, 0.4) is 0 Å². The Balaban J connectivity index is 0.797. The van der Waals surface area contributed by atoms with Crippen LogP contribution in [0.15, 0.2) is 83.3 Å². The normalized spacial score (nSPS) is 30.8. The third-order valence-electron chi connectivity index (χ3n) is 15.2. The van der Waals surface area contributed by atoms with Crippen molar-refractivity contribution in [2.75, 3.05) is 26.4 Å². The molecule has 4 aliphatic rings. The first kappa shape index (κ1) is 71.3. The van der Waals surface area contributed by atoms with Crippen LogP contribution in [-0.2, 0) is 52.3 Å². The second kappa shape index (κ2) is 30.4. The molecule has 0 saturated carbocycles. The minimum Gasteiger partial charge on any atom is -0.507 e. The van der Waals surface area contributed by atoms with Crippen LogP contribution in [0.1, 0.15) is 17.5 Å². The number of benzene rings is 4. The highest BCUT2D eigenvalue weighted by Gasteiger charge is 2.50. The lowest BCUT2D eigenvalue weighted by molar-refractivity contribution is -0.278. The number of phenols is 6. The lowest BCUT2D eigenvalue weighted by Crippen LogP contribution is -2.60. The maximum Gasteiger partial charge on any atom is 0.402 e. The molecular weight excluding hydrogens is 1300 g/mol. The van der Waals surface area contributed by atoms with Crippen LogP contribution in [0, 0.1) is 0 Å². The van der Waals surface area contributed by atoms with Gasteiger partial charge in [0.15, 0.2) is 40.2 Å². The number of carbonyl (C=O) groups is 4. The van der Waals surface area contributed by atoms with Gasteiger partial charge in [0.2, 0.25) is 30.9 Å². The zero-order valence-corrected chi connectivity index (χ0v) is 49.2. The number of esters is 3. The van der Waals surface area contributed by atoms with Gasteiger partial charge in [-0.05, 0) is 47.5 Å². The molecule has 20 unspecified atom stereocenters. The third kappa shape index (κ3) is 16.3. The van der Waals surface area contributed by atoms with Gasteiger partial charge in [-0.1, -0.05) is 12.1 Å². The fourth-order valence-electron chi connectivity index (χ4n) is 9.97. The van der Waals surface area contributed by atoms with Crippen LogP contribution in [0.5, 0.6) is 57.5 Å². The summed E-state index contributed by atoms with van der Waals surface area (Å²) >= 11 is 0. The molecule has 96 heavy (non-hydrogen) atoms. The van der Waals surface area contributed by atoms with Crippen LogP contribution in [-0.4, -0.2) is 275 Å². The first-order valence-electron chi connectivity index (χ1n) is 28.7. The molecule has 36 nitrogen and oxygen atoms in total. The van der Waals surface area contributed by atoms with Crippen molar-refractivity contribution in [1.29, 1.82) is 0 Å². The predicted octanol–water partition coefficient (Wildman–Crippen LogP) is -4.12. The smallest absolute Gasteiger partial charge is 0.402 e. The molecule has 9 rings (SSSR count). The number of phenolic OH excluding ortho intramolecular Hbond substituents is 6. The lowest BCUT2D eigenvalue weighted by Gasteiger charge is -2.39. The summed E-state index contributed by atoms with van der Waals surface area (Å²) in [5.41, 5.74) is -0.240. The van der Waals surface area contributed by atoms with Gasteiger partial charge in [0.25, 0.3) is 0 Å². The number of ether oxygens (including phenoxy) is 11. The van der Waals surface area contributed by atoms with Crippen LogP contribution in [0.4, 0.5) is 0 Å². The van der Waals surface area contributed by atoms with Crippen molar-refractivity contribution >= 4 is 47.0 Å². The van der Waals surface area contributed by atoms with Gasteiger partial charge in [-0.25, -0.2) is 14.0 Å². The molecule has 1 aromatic heterocycles. The number of aliphatic hydroxyl groups excluding tert-OH is 13. The van der Waals surface area contributed by atoms with Gasteiger partial charge in [-0.3, -0.25) is 9.59 Å². The average Bonchev–Trinajstić information content (AvgIpc) is 0.777. The molecule has 5 heterocycles. The van der Waals surface area contributed by atoms with E-state index in [4.69, 9.17) is 61.6 Å². The standard InChI is InChI=1S/C60H64O36/c61-17-35-44(73)48(77)53(82)58(93-35)90-31-5-1-21(9-27(31)63)4-8-41(70)86-19-37-46(75)50(79)54(83)59(95-37)91-32-6-2-22(10-28(32)64)3-7-40(69)85-18-36-45(74)49(78)52(81)57(94-36)88-24-13-26(62)25-15-34(56(89-33(25)14-24)23-11-29(65)43(72)30(66)12-23)92-60-55(84)51(80)47(76)38(96-60)20-87-42(71)16-39(67)68/h1-15,35-38,44-55,57-61,73-84H,16-20H2,(H6-,62,63,64,65,66,67,68,72)/p+1. The van der Waals surface area contributed by atoms with E-state index < -0.39 is 226 Å². The van der Waals surface area contributed by atoms with Crippen molar-refractivity contribution in [2.24, 2.45) is 0 Å². The van der Waals surface area contributed by atoms with Gasteiger partial charge >= 0.3 is 35.2 Å². The molecule has 0 aliphatic carbocycles. The second-order valence-corrected chi connectivity index (χ2v) is 22.0. The Morgan fingerprint density at radius 2 is 0.844 bits per heavy atom. The summed E-state index contributed by atoms with van der Waals surface area (Å²) in [6.45, 7) is -3.08. The molecular formula is C60H65O36+. The second-order valence-electron chi connectivity index (χ2n) is 22.0. The van der Waals surface area contributed by atoms with Crippen molar-refractivity contribution in [3.63, 3.8) is 0 Å². The van der Waals surface area contributed by atoms with Crippen molar-refractivity contribution in [3.05, 3.63) is 90.0 Å². The number of hydrogen-bond acceptors (Lipinski definition) is 34. The lowest BCUT2D eigenvalue weighted by atomic mass is 9.99. The van der Waals surface area contributed by atoms with Gasteiger partial charge in [0, 0.05) is 36.4 Å². The molecule has 20 N–H and O–H groups in total. The first-order chi connectivity index (χ1) is 45.5. The maximum atomic E-state index is 13.0. The Morgan fingerprint density at radius 3 is 1.27 bits per heavy atom. The fraction of sp³-hybridized carbons (Fsp3) is 0.417. The Hall–Kier alpha value is -9.03. The van der Waals surface area contributed by atoms with E-state index >= 15 is 0 Å². The van der Waals surface area contributed by atoms with Gasteiger partial charge in [-0.15, -0.1) is 0 Å². The summed E-state index contributed by atoms with van der Waals surface area (Å²) in [5.74, 6) is -11.4. The van der Waals surface area contributed by atoms with Crippen molar-refractivity contribution in [3.8, 4) is 68.8 Å². The Kier molecular flexibility index (Phi) is 22.5. The van der Waals surface area contributed by atoms with E-state index in [1.165, 1.54) is 24.3 Å². The van der Waals surface area contributed by atoms with Gasteiger partial charge < -0.3 is 154 Å². The van der Waals surface area contributed by atoms with Gasteiger partial charge in [0.05, 0.1) is 18.2 Å². The summed E-state index contributed by atoms with van der Waals surface area (Å²) in [4.78, 5) is 48.5. The highest BCUT2D eigenvalue weighted by atomic mass is 16.7. The van der Waals surface area contributed by atoms with Crippen LogP contribution < -0.4 is 18.9 Å². The number of rotatable bonds is 22. The zero-order valence-electron chi connectivity index (χ0n) is 49.2. The van der Waals surface area contributed by atoms with Gasteiger partial charge in [-0.2, -0.15) is 0 Å². The van der Waals surface area contributed by atoms with E-state index in [0.717, 1.165) is 66.8 Å². The van der Waals surface area contributed by atoms with Crippen LogP contribution in [0.25, 0.3) is 34.4 Å². The molecule has 5 aromatic rings. The summed E-state index contributed by atoms with van der Waals surface area (Å²) in [6, 6.07) is 12.1. The highest BCUT2D eigenvalue weighted by molar-refractivity contribution is 5.91. The minimum atomic E-state index is -2.07. The van der Waals surface area contributed by atoms with Crippen LogP contribution >= 0.6 is 0 Å². The first-order valence-corrected chi connectivity index (χ1v) is 28.7. The molecule has 20 atom stereocenters. The minimum absolute atomic E-state index is 0.133. The largest absolute Gasteiger partial charge is 0.507 e. The van der Waals surface area contributed by atoms with E-state index in [9.17, 15) is 116 Å². The van der Waals surface area contributed by atoms with Crippen molar-refractivity contribution < 1.29 is 178 Å². The Morgan fingerprint density at radius 1 is 0.438 bits per heavy atom. The van der Waals surface area contributed by atoms with Crippen molar-refractivity contribution in [2.45, 2.75) is 129 Å². The summed E-state index contributed by atoms with van der Waals surface area (Å²) in [6.07, 6.45) is -33.1. The van der Waals surface area contributed by atoms with Crippen molar-refractivity contribution in [1.82, 2.24) is 0 Å². The molecule has 0 spiro atoms. The van der Waals surface area contributed by atoms with Crippen LogP contribution in [0.2, 0.25) is 0 Å². The summed E-state index contributed by atoms with van der Waals surface area (Å²) < 4.78 is 66.0. The van der Waals surface area contributed by atoms with E-state index in [1.807, 2.05) is 0 Å². The SMILES string of the molecule is O=C(O)CC(=O)OCC1OC(Oc2cc3c(O)cc(OC4OC(COC(=O)C=Cc5ccc(OC6OC(COC(=O)C=Cc7ccc(OC8OC(CO)C(O)C(O)C8O)c(O)c7)C(O)C(O)C6O)c(O)c5)C(O)C(O)C4O)cc3[o+]c2-c2cc(O)c(O)c(O)c2)C(O)C(O)C1O. The van der Waals surface area contributed by atoms with E-state index in [0.29, 0.717) is 0 Å². The Labute approximate surface area is 538 Å². The number of carbonyl (C=O) groups excluding carboxylic acids is 3. The maximum absolute atomic E-state index is 13.0. The predicted molar refractivity (Wildman–Crippen MR) is 308 cm³/mol. The number of carboxylic acid groups (broad SMARTS) is 1. The molecule has 0 radical (unpaired) electrons. The molecule has 36 heteroatoms. The average molecular weight is 1360 g/mol. The fourth-order valence-corrected chi connectivity index (χ4v) is 9.97. The summed E-state index contributed by atoms with van der Waals surface area (Å²) in [7, 11) is 0. The molecule has 4 aliphatic heterocycles. The highest BCUT2D eigenvalue weighted by Crippen LogP contribution is 2.46. The monoisotopic (exact) mass is 1360 g/mol. The number of aliphatic hydroxyl groups is 13. The zero-order chi connectivity index (χ0) is 69.7. The summed E-state index contributed by atoms with van der Waals surface area (Å²) in [5, 5.41) is 209. The molecule has 0 amide bonds.